The number of hydrogen-bond acceptors (Lipinski definition) is 4. The van der Waals surface area contributed by atoms with Crippen LogP contribution in [0, 0.1) is 0 Å². The first-order chi connectivity index (χ1) is 16.2. The van der Waals surface area contributed by atoms with Gasteiger partial charge in [-0.25, -0.2) is 0 Å². The summed E-state index contributed by atoms with van der Waals surface area (Å²) < 4.78 is 6.08. The monoisotopic (exact) mass is 427 g/mol. The molecule has 0 N–H and O–H groups in total. The molecule has 1 aliphatic carbocycles. The maximum Gasteiger partial charge on any atom is 0.198 e. The summed E-state index contributed by atoms with van der Waals surface area (Å²) in [6, 6.07) is 24.4. The van der Waals surface area contributed by atoms with E-state index in [0.717, 1.165) is 22.0 Å². The molecule has 1 aliphatic heterocycles. The predicted octanol–water partition coefficient (Wildman–Crippen LogP) is 6.06. The number of para-hydroxylation sites is 2. The van der Waals surface area contributed by atoms with Gasteiger partial charge in [-0.2, -0.15) is 0 Å². The van der Waals surface area contributed by atoms with E-state index in [1.165, 1.54) is 0 Å². The summed E-state index contributed by atoms with van der Waals surface area (Å²) in [5, 5.41) is 1.05. The second kappa shape index (κ2) is 7.53. The Labute approximate surface area is 190 Å². The number of Topliss-reactive ketones (excluding diaryl/α,β-unsaturated/α-hetero) is 2. The van der Waals surface area contributed by atoms with Crippen molar-refractivity contribution < 1.29 is 14.3 Å². The van der Waals surface area contributed by atoms with E-state index >= 15 is 0 Å². The third kappa shape index (κ3) is 3.20. The molecule has 0 atom stereocenters. The third-order valence-corrected chi connectivity index (χ3v) is 5.88. The standard InChI is InChI=1S/C29H17NO3/c31-28-22-9-2-3-10-23(22)29(32)27(28)24-16-20(33-26-12-6-4-8-21(24)26)14-13-18-15-19-7-1-5-11-25(19)30-17-18/h1-17H. The molecule has 2 aliphatic rings. The van der Waals surface area contributed by atoms with Crippen molar-refractivity contribution in [3.05, 3.63) is 131 Å². The molecule has 6 rings (SSSR count). The number of allylic oxidation sites excluding steroid dienone is 4. The molecule has 33 heavy (non-hydrogen) atoms. The number of hydrogen-bond donors (Lipinski definition) is 0. The number of ketones is 2. The molecular formula is C29H17NO3. The lowest BCUT2D eigenvalue weighted by Crippen LogP contribution is -2.09. The average molecular weight is 427 g/mol. The van der Waals surface area contributed by atoms with Crippen molar-refractivity contribution in [1.82, 2.24) is 4.98 Å². The fourth-order valence-corrected chi connectivity index (χ4v) is 4.30. The minimum Gasteiger partial charge on any atom is -0.457 e. The van der Waals surface area contributed by atoms with Crippen LogP contribution in [-0.2, 0) is 0 Å². The average Bonchev–Trinajstić information content (AvgIpc) is 3.12. The van der Waals surface area contributed by atoms with Crippen LogP contribution in [0.5, 0.6) is 5.75 Å². The highest BCUT2D eigenvalue weighted by Crippen LogP contribution is 2.40. The van der Waals surface area contributed by atoms with Crippen molar-refractivity contribution in [3.8, 4) is 5.75 Å². The summed E-state index contributed by atoms with van der Waals surface area (Å²) in [7, 11) is 0. The number of nitrogens with zero attached hydrogens (tertiary/aromatic N) is 1. The normalized spacial score (nSPS) is 15.0. The molecule has 0 fully saturated rings. The number of carbonyl (C=O) groups excluding carboxylic acids is 2. The summed E-state index contributed by atoms with van der Waals surface area (Å²) in [5.74, 6) is 0.650. The summed E-state index contributed by atoms with van der Waals surface area (Å²) >= 11 is 0. The molecule has 1 aromatic heterocycles. The van der Waals surface area contributed by atoms with Crippen LogP contribution in [0.15, 0.2) is 109 Å². The first kappa shape index (κ1) is 19.1. The maximum absolute atomic E-state index is 13.2. The van der Waals surface area contributed by atoms with Gasteiger partial charge < -0.3 is 4.74 Å². The minimum atomic E-state index is -0.249. The Kier molecular flexibility index (Phi) is 4.37. The van der Waals surface area contributed by atoms with E-state index < -0.39 is 0 Å². The van der Waals surface area contributed by atoms with Crippen LogP contribution < -0.4 is 4.74 Å². The van der Waals surface area contributed by atoms with Gasteiger partial charge in [-0.1, -0.05) is 60.7 Å². The van der Waals surface area contributed by atoms with E-state index in [4.69, 9.17) is 4.74 Å². The van der Waals surface area contributed by atoms with E-state index in [1.54, 1.807) is 36.5 Å². The topological polar surface area (TPSA) is 56.3 Å². The van der Waals surface area contributed by atoms with Crippen molar-refractivity contribution in [1.29, 1.82) is 0 Å². The third-order valence-electron chi connectivity index (χ3n) is 5.88. The molecule has 4 nitrogen and oxygen atoms in total. The van der Waals surface area contributed by atoms with E-state index in [0.29, 0.717) is 28.2 Å². The lowest BCUT2D eigenvalue weighted by atomic mass is 9.93. The SMILES string of the molecule is O=C1C(=C2C=C(C=Cc3cnc4ccccc4c3)Oc3ccccc32)C(=O)c2ccccc21. The van der Waals surface area contributed by atoms with Crippen LogP contribution in [0.25, 0.3) is 22.6 Å². The molecule has 0 saturated heterocycles. The quantitative estimate of drug-likeness (QED) is 0.288. The van der Waals surface area contributed by atoms with Gasteiger partial charge in [-0.3, -0.25) is 14.6 Å². The summed E-state index contributed by atoms with van der Waals surface area (Å²) in [5.41, 5.74) is 4.24. The molecule has 2 heterocycles. The van der Waals surface area contributed by atoms with Gasteiger partial charge in [0.25, 0.3) is 0 Å². The van der Waals surface area contributed by atoms with Gasteiger partial charge >= 0.3 is 0 Å². The summed E-state index contributed by atoms with van der Waals surface area (Å²) in [6.45, 7) is 0. The lowest BCUT2D eigenvalue weighted by Gasteiger charge is -2.19. The molecule has 3 aromatic carbocycles. The van der Waals surface area contributed by atoms with Gasteiger partial charge in [0, 0.05) is 33.8 Å². The molecule has 0 unspecified atom stereocenters. The predicted molar refractivity (Wildman–Crippen MR) is 128 cm³/mol. The molecule has 4 heteroatoms. The Morgan fingerprint density at radius 2 is 1.39 bits per heavy atom. The maximum atomic E-state index is 13.2. The highest BCUT2D eigenvalue weighted by atomic mass is 16.5. The number of ether oxygens (including phenoxy) is 1. The number of aromatic nitrogens is 1. The molecule has 0 radical (unpaired) electrons. The molecule has 0 amide bonds. The van der Waals surface area contributed by atoms with Gasteiger partial charge in [0.15, 0.2) is 11.6 Å². The van der Waals surface area contributed by atoms with E-state index in [9.17, 15) is 9.59 Å². The lowest BCUT2D eigenvalue weighted by molar-refractivity contribution is 0.0990. The molecular weight excluding hydrogens is 410 g/mol. The van der Waals surface area contributed by atoms with E-state index in [2.05, 4.69) is 11.1 Å². The Morgan fingerprint density at radius 3 is 2.18 bits per heavy atom. The summed E-state index contributed by atoms with van der Waals surface area (Å²) in [6.07, 6.45) is 7.31. The number of benzene rings is 3. The minimum absolute atomic E-state index is 0.185. The fourth-order valence-electron chi connectivity index (χ4n) is 4.30. The van der Waals surface area contributed by atoms with Crippen LogP contribution in [-0.4, -0.2) is 16.6 Å². The van der Waals surface area contributed by atoms with Crippen molar-refractivity contribution >= 4 is 34.1 Å². The number of pyridine rings is 1. The van der Waals surface area contributed by atoms with Gasteiger partial charge in [0.05, 0.1) is 11.1 Å². The number of carbonyl (C=O) groups is 2. The Balaban J connectivity index is 1.45. The molecule has 156 valence electrons. The zero-order valence-corrected chi connectivity index (χ0v) is 17.5. The molecule has 0 spiro atoms. The van der Waals surface area contributed by atoms with Crippen LogP contribution in [0.2, 0.25) is 0 Å². The highest BCUT2D eigenvalue weighted by molar-refractivity contribution is 6.43. The Bertz CT molecular complexity index is 1540. The zero-order chi connectivity index (χ0) is 22.4. The molecule has 4 aromatic rings. The van der Waals surface area contributed by atoms with Crippen molar-refractivity contribution in [3.63, 3.8) is 0 Å². The van der Waals surface area contributed by atoms with Gasteiger partial charge in [0.2, 0.25) is 0 Å². The van der Waals surface area contributed by atoms with Gasteiger partial charge in [-0.15, -0.1) is 0 Å². The fraction of sp³-hybridized carbons (Fsp3) is 0. The second-order valence-corrected chi connectivity index (χ2v) is 7.93. The van der Waals surface area contributed by atoms with Crippen LogP contribution in [0.4, 0.5) is 0 Å². The second-order valence-electron chi connectivity index (χ2n) is 7.93. The van der Waals surface area contributed by atoms with Crippen LogP contribution in [0.1, 0.15) is 31.8 Å². The van der Waals surface area contributed by atoms with Gasteiger partial charge in [-0.05, 0) is 42.0 Å². The van der Waals surface area contributed by atoms with E-state index in [1.807, 2.05) is 60.7 Å². The first-order valence-corrected chi connectivity index (χ1v) is 10.6. The highest BCUT2D eigenvalue weighted by Gasteiger charge is 2.36. The largest absolute Gasteiger partial charge is 0.457 e. The number of rotatable bonds is 2. The Morgan fingerprint density at radius 1 is 0.727 bits per heavy atom. The van der Waals surface area contributed by atoms with Crippen LogP contribution >= 0.6 is 0 Å². The van der Waals surface area contributed by atoms with Crippen molar-refractivity contribution in [2.24, 2.45) is 0 Å². The molecule has 0 saturated carbocycles. The zero-order valence-electron chi connectivity index (χ0n) is 17.5. The van der Waals surface area contributed by atoms with Gasteiger partial charge in [0.1, 0.15) is 11.5 Å². The van der Waals surface area contributed by atoms with E-state index in [-0.39, 0.29) is 17.1 Å². The summed E-state index contributed by atoms with van der Waals surface area (Å²) in [4.78, 5) is 30.8. The van der Waals surface area contributed by atoms with Crippen LogP contribution in [0.3, 0.4) is 0 Å². The van der Waals surface area contributed by atoms with Crippen molar-refractivity contribution in [2.75, 3.05) is 0 Å². The smallest absolute Gasteiger partial charge is 0.198 e. The molecule has 0 bridgehead atoms. The number of fused-ring (bicyclic) bond motifs is 3. The Hall–Kier alpha value is -4.57. The first-order valence-electron chi connectivity index (χ1n) is 10.6. The van der Waals surface area contributed by atoms with Crippen molar-refractivity contribution in [2.45, 2.75) is 0 Å².